The smallest absolute Gasteiger partial charge is 0.227 e. The van der Waals surface area contributed by atoms with Crippen LogP contribution in [-0.4, -0.2) is 54.0 Å². The summed E-state index contributed by atoms with van der Waals surface area (Å²) in [5, 5.41) is 7.61. The van der Waals surface area contributed by atoms with Crippen LogP contribution in [0.5, 0.6) is 0 Å². The predicted octanol–water partition coefficient (Wildman–Crippen LogP) is 0.293. The van der Waals surface area contributed by atoms with Gasteiger partial charge in [0.05, 0.1) is 17.8 Å². The van der Waals surface area contributed by atoms with Crippen LogP contribution in [0.2, 0.25) is 0 Å². The van der Waals surface area contributed by atoms with Gasteiger partial charge in [0.25, 0.3) is 0 Å². The molecule has 0 aliphatic carbocycles. The van der Waals surface area contributed by atoms with Gasteiger partial charge < -0.3 is 4.90 Å². The minimum absolute atomic E-state index is 0. The highest BCUT2D eigenvalue weighted by Crippen LogP contribution is 2.18. The van der Waals surface area contributed by atoms with Crippen molar-refractivity contribution in [2.45, 2.75) is 18.9 Å². The van der Waals surface area contributed by atoms with E-state index in [1.54, 1.807) is 12.4 Å². The van der Waals surface area contributed by atoms with Crippen molar-refractivity contribution in [1.29, 1.82) is 0 Å². The molecule has 1 saturated heterocycles. The number of anilines is 1. The lowest BCUT2D eigenvalue weighted by Crippen LogP contribution is -2.44. The van der Waals surface area contributed by atoms with E-state index in [0.29, 0.717) is 11.6 Å². The van der Waals surface area contributed by atoms with Crippen molar-refractivity contribution >= 4 is 39.4 Å². The van der Waals surface area contributed by atoms with Crippen molar-refractivity contribution in [1.82, 2.24) is 24.9 Å². The van der Waals surface area contributed by atoms with E-state index in [-0.39, 0.29) is 18.4 Å². The highest BCUT2D eigenvalue weighted by molar-refractivity contribution is 7.88. The Morgan fingerprint density at radius 1 is 1.33 bits per heavy atom. The van der Waals surface area contributed by atoms with Gasteiger partial charge in [0.15, 0.2) is 5.65 Å². The van der Waals surface area contributed by atoms with Crippen LogP contribution in [0.3, 0.4) is 0 Å². The Bertz CT molecular complexity index is 710. The molecular formula is C11H17ClN6O2S. The minimum atomic E-state index is -3.14. The van der Waals surface area contributed by atoms with E-state index < -0.39 is 10.0 Å². The molecule has 21 heavy (non-hydrogen) atoms. The number of hydrogen-bond acceptors (Lipinski definition) is 6. The van der Waals surface area contributed by atoms with Gasteiger partial charge in [0.2, 0.25) is 16.0 Å². The fourth-order valence-corrected chi connectivity index (χ4v) is 3.22. The number of fused-ring (bicyclic) bond motifs is 1. The van der Waals surface area contributed by atoms with Crippen LogP contribution >= 0.6 is 12.4 Å². The van der Waals surface area contributed by atoms with Crippen molar-refractivity contribution in [3.63, 3.8) is 0 Å². The first-order valence-electron chi connectivity index (χ1n) is 6.40. The second kappa shape index (κ2) is 6.12. The third-order valence-electron chi connectivity index (χ3n) is 3.34. The van der Waals surface area contributed by atoms with Crippen LogP contribution in [0.15, 0.2) is 12.4 Å². The Balaban J connectivity index is 0.00000161. The van der Waals surface area contributed by atoms with Crippen molar-refractivity contribution < 1.29 is 8.42 Å². The summed E-state index contributed by atoms with van der Waals surface area (Å²) in [5.41, 5.74) is 0.714. The quantitative estimate of drug-likeness (QED) is 0.837. The summed E-state index contributed by atoms with van der Waals surface area (Å²) < 4.78 is 25.1. The lowest BCUT2D eigenvalue weighted by atomic mass is 10.1. The van der Waals surface area contributed by atoms with Gasteiger partial charge in [0, 0.05) is 25.3 Å². The van der Waals surface area contributed by atoms with E-state index in [1.165, 1.54) is 6.26 Å². The van der Waals surface area contributed by atoms with Crippen LogP contribution in [0.25, 0.3) is 11.0 Å². The normalized spacial score (nSPS) is 16.9. The van der Waals surface area contributed by atoms with Crippen LogP contribution < -0.4 is 9.62 Å². The number of halogens is 1. The zero-order chi connectivity index (χ0) is 14.2. The fourth-order valence-electron chi connectivity index (χ4n) is 2.38. The molecule has 2 aromatic rings. The number of piperidine rings is 1. The second-order valence-electron chi connectivity index (χ2n) is 5.00. The summed E-state index contributed by atoms with van der Waals surface area (Å²) in [6.45, 7) is 1.46. The van der Waals surface area contributed by atoms with E-state index in [1.807, 2.05) is 0 Å². The standard InChI is InChI=1S/C11H16N6O2S.ClH/c1-20(18,19)16-9-2-4-17(5-3-9)11-12-6-8-7-13-15-10(8)14-11;/h6-7,9,16H,2-5H2,1H3,(H,12,13,14,15);1H. The lowest BCUT2D eigenvalue weighted by Gasteiger charge is -2.31. The average Bonchev–Trinajstić information content (AvgIpc) is 2.85. The number of nitrogens with one attached hydrogen (secondary N) is 2. The molecule has 2 aromatic heterocycles. The first kappa shape index (κ1) is 15.9. The summed E-state index contributed by atoms with van der Waals surface area (Å²) in [6.07, 6.45) is 6.10. The predicted molar refractivity (Wildman–Crippen MR) is 82.1 cm³/mol. The molecule has 1 aliphatic rings. The Hall–Kier alpha value is -1.45. The van der Waals surface area contributed by atoms with Gasteiger partial charge in [0.1, 0.15) is 0 Å². The fraction of sp³-hybridized carbons (Fsp3) is 0.545. The summed E-state index contributed by atoms with van der Waals surface area (Å²) in [5.74, 6) is 0.652. The molecule has 2 N–H and O–H groups in total. The Morgan fingerprint density at radius 3 is 2.71 bits per heavy atom. The molecule has 0 saturated carbocycles. The van der Waals surface area contributed by atoms with Crippen molar-refractivity contribution in [2.24, 2.45) is 0 Å². The van der Waals surface area contributed by atoms with Gasteiger partial charge >= 0.3 is 0 Å². The van der Waals surface area contributed by atoms with Crippen LogP contribution in [0.4, 0.5) is 5.95 Å². The molecule has 1 fully saturated rings. The largest absolute Gasteiger partial charge is 0.341 e. The minimum Gasteiger partial charge on any atom is -0.341 e. The van der Waals surface area contributed by atoms with Crippen molar-refractivity contribution in [3.05, 3.63) is 12.4 Å². The molecule has 0 bridgehead atoms. The molecule has 0 unspecified atom stereocenters. The summed E-state index contributed by atoms with van der Waals surface area (Å²) in [4.78, 5) is 10.8. The number of sulfonamides is 1. The maximum absolute atomic E-state index is 11.2. The molecule has 0 radical (unpaired) electrons. The monoisotopic (exact) mass is 332 g/mol. The summed E-state index contributed by atoms with van der Waals surface area (Å²) in [6, 6.07) is -0.00265. The number of H-pyrrole nitrogens is 1. The molecule has 0 aromatic carbocycles. The molecule has 1 aliphatic heterocycles. The molecular weight excluding hydrogens is 316 g/mol. The van der Waals surface area contributed by atoms with E-state index in [0.717, 1.165) is 31.3 Å². The highest BCUT2D eigenvalue weighted by atomic mass is 35.5. The Morgan fingerprint density at radius 2 is 2.05 bits per heavy atom. The third kappa shape index (κ3) is 3.80. The number of aromatic amines is 1. The maximum atomic E-state index is 11.2. The van der Waals surface area contributed by atoms with Gasteiger partial charge in [-0.2, -0.15) is 10.1 Å². The molecule has 116 valence electrons. The number of aromatic nitrogens is 4. The summed E-state index contributed by atoms with van der Waals surface area (Å²) in [7, 11) is -3.14. The van der Waals surface area contributed by atoms with E-state index in [2.05, 4.69) is 29.8 Å². The number of hydrogen-bond donors (Lipinski definition) is 2. The molecule has 3 heterocycles. The first-order valence-corrected chi connectivity index (χ1v) is 8.29. The van der Waals surface area contributed by atoms with Gasteiger partial charge in [-0.1, -0.05) is 0 Å². The Kier molecular flexibility index (Phi) is 4.64. The summed E-state index contributed by atoms with van der Waals surface area (Å²) >= 11 is 0. The first-order chi connectivity index (χ1) is 9.51. The molecule has 0 amide bonds. The number of rotatable bonds is 3. The van der Waals surface area contributed by atoms with Crippen LogP contribution in [0.1, 0.15) is 12.8 Å². The van der Waals surface area contributed by atoms with Gasteiger partial charge in [-0.3, -0.25) is 5.10 Å². The highest BCUT2D eigenvalue weighted by Gasteiger charge is 2.23. The molecule has 10 heteroatoms. The van der Waals surface area contributed by atoms with Gasteiger partial charge in [-0.15, -0.1) is 12.4 Å². The van der Waals surface area contributed by atoms with Crippen molar-refractivity contribution in [3.8, 4) is 0 Å². The molecule has 0 atom stereocenters. The topological polar surface area (TPSA) is 104 Å². The zero-order valence-electron chi connectivity index (χ0n) is 11.5. The molecule has 3 rings (SSSR count). The van der Waals surface area contributed by atoms with Crippen LogP contribution in [0, 0.1) is 0 Å². The third-order valence-corrected chi connectivity index (χ3v) is 4.10. The average molecular weight is 333 g/mol. The maximum Gasteiger partial charge on any atom is 0.227 e. The van der Waals surface area contributed by atoms with Gasteiger partial charge in [-0.05, 0) is 12.8 Å². The van der Waals surface area contributed by atoms with E-state index in [9.17, 15) is 8.42 Å². The Labute approximate surface area is 128 Å². The van der Waals surface area contributed by atoms with E-state index >= 15 is 0 Å². The second-order valence-corrected chi connectivity index (χ2v) is 6.78. The molecule has 8 nitrogen and oxygen atoms in total. The number of nitrogens with zero attached hydrogens (tertiary/aromatic N) is 4. The lowest BCUT2D eigenvalue weighted by molar-refractivity contribution is 0.458. The van der Waals surface area contributed by atoms with Crippen molar-refractivity contribution in [2.75, 3.05) is 24.2 Å². The van der Waals surface area contributed by atoms with E-state index in [4.69, 9.17) is 0 Å². The zero-order valence-corrected chi connectivity index (χ0v) is 13.1. The van der Waals surface area contributed by atoms with Gasteiger partial charge in [-0.25, -0.2) is 18.1 Å². The molecule has 0 spiro atoms. The van der Waals surface area contributed by atoms with Crippen LogP contribution in [-0.2, 0) is 10.0 Å². The SMILES string of the molecule is CS(=O)(=O)NC1CCN(c2ncc3cn[nH]c3n2)CC1.Cl.